The number of carboxylic acid groups (broad SMARTS) is 1. The van der Waals surface area contributed by atoms with Crippen molar-refractivity contribution in [2.24, 2.45) is 17.3 Å². The van der Waals surface area contributed by atoms with E-state index in [2.05, 4.69) is 0 Å². The van der Waals surface area contributed by atoms with Crippen LogP contribution in [-0.2, 0) is 23.9 Å². The molecular weight excluding hydrogens is 312 g/mol. The standard InChI is InChI=1S/C14H24O6.4CH4/c1-6-14(3,13(18)20-5)8-10(12(17)19-4)7-9(2)11(15)16;;;;/h9-10H,6-8H2,1-5H3,(H,15,16);4*1H4. The van der Waals surface area contributed by atoms with Crippen molar-refractivity contribution < 1.29 is 29.0 Å². The molecule has 0 heterocycles. The summed E-state index contributed by atoms with van der Waals surface area (Å²) in [7, 11) is 2.55. The van der Waals surface area contributed by atoms with Gasteiger partial charge in [-0.1, -0.05) is 43.6 Å². The molecule has 0 radical (unpaired) electrons. The number of methoxy groups -OCH3 is 2. The average molecular weight is 353 g/mol. The first kappa shape index (κ1) is 33.9. The maximum absolute atomic E-state index is 11.8. The van der Waals surface area contributed by atoms with Gasteiger partial charge in [-0.2, -0.15) is 0 Å². The molecular formula is C18H40O6. The second-order valence-corrected chi connectivity index (χ2v) is 5.30. The largest absolute Gasteiger partial charge is 0.481 e. The van der Waals surface area contributed by atoms with Gasteiger partial charge < -0.3 is 14.6 Å². The van der Waals surface area contributed by atoms with E-state index < -0.39 is 35.2 Å². The minimum Gasteiger partial charge on any atom is -0.481 e. The van der Waals surface area contributed by atoms with Crippen LogP contribution in [0.15, 0.2) is 0 Å². The molecule has 0 aliphatic carbocycles. The van der Waals surface area contributed by atoms with Crippen LogP contribution in [0.4, 0.5) is 0 Å². The molecule has 0 saturated heterocycles. The number of hydrogen-bond donors (Lipinski definition) is 1. The first-order valence-electron chi connectivity index (χ1n) is 6.60. The second kappa shape index (κ2) is 15.0. The van der Waals surface area contributed by atoms with Crippen molar-refractivity contribution in [2.45, 2.75) is 69.7 Å². The lowest BCUT2D eigenvalue weighted by Crippen LogP contribution is -2.34. The molecule has 6 heteroatoms. The van der Waals surface area contributed by atoms with Gasteiger partial charge in [-0.3, -0.25) is 14.4 Å². The lowest BCUT2D eigenvalue weighted by Gasteiger charge is -2.29. The number of aliphatic carboxylic acids is 1. The summed E-state index contributed by atoms with van der Waals surface area (Å²) in [5.74, 6) is -3.21. The summed E-state index contributed by atoms with van der Waals surface area (Å²) >= 11 is 0. The first-order valence-corrected chi connectivity index (χ1v) is 6.60. The first-order chi connectivity index (χ1) is 9.21. The van der Waals surface area contributed by atoms with Crippen molar-refractivity contribution >= 4 is 17.9 Å². The molecule has 0 aliphatic rings. The molecule has 24 heavy (non-hydrogen) atoms. The Hall–Kier alpha value is -1.59. The summed E-state index contributed by atoms with van der Waals surface area (Å²) in [6.07, 6.45) is 0.837. The molecule has 0 spiro atoms. The molecule has 3 atom stereocenters. The van der Waals surface area contributed by atoms with Crippen LogP contribution < -0.4 is 0 Å². The molecule has 148 valence electrons. The van der Waals surface area contributed by atoms with Crippen LogP contribution in [0.5, 0.6) is 0 Å². The van der Waals surface area contributed by atoms with Crippen molar-refractivity contribution in [1.29, 1.82) is 0 Å². The van der Waals surface area contributed by atoms with Gasteiger partial charge in [0, 0.05) is 0 Å². The van der Waals surface area contributed by atoms with E-state index in [-0.39, 0.29) is 42.5 Å². The van der Waals surface area contributed by atoms with Crippen LogP contribution in [0.25, 0.3) is 0 Å². The van der Waals surface area contributed by atoms with Crippen LogP contribution in [0, 0.1) is 17.3 Å². The van der Waals surface area contributed by atoms with Gasteiger partial charge in [-0.15, -0.1) is 0 Å². The monoisotopic (exact) mass is 352 g/mol. The van der Waals surface area contributed by atoms with E-state index in [4.69, 9.17) is 14.6 Å². The van der Waals surface area contributed by atoms with Crippen molar-refractivity contribution in [3.8, 4) is 0 Å². The molecule has 0 amide bonds. The Morgan fingerprint density at radius 3 is 1.79 bits per heavy atom. The number of esters is 2. The van der Waals surface area contributed by atoms with Crippen molar-refractivity contribution in [1.82, 2.24) is 0 Å². The van der Waals surface area contributed by atoms with Crippen LogP contribution in [0.2, 0.25) is 0 Å². The summed E-state index contributed by atoms with van der Waals surface area (Å²) in [6, 6.07) is 0. The molecule has 6 nitrogen and oxygen atoms in total. The van der Waals surface area contributed by atoms with Crippen molar-refractivity contribution in [3.63, 3.8) is 0 Å². The summed E-state index contributed by atoms with van der Waals surface area (Å²) in [5.41, 5.74) is -0.828. The van der Waals surface area contributed by atoms with Crippen molar-refractivity contribution in [2.75, 3.05) is 14.2 Å². The third kappa shape index (κ3) is 9.53. The van der Waals surface area contributed by atoms with Gasteiger partial charge in [0.25, 0.3) is 0 Å². The zero-order chi connectivity index (χ0) is 15.9. The van der Waals surface area contributed by atoms with E-state index in [1.807, 2.05) is 6.92 Å². The minimum absolute atomic E-state index is 0. The third-order valence-electron chi connectivity index (χ3n) is 3.75. The zero-order valence-electron chi connectivity index (χ0n) is 12.8. The SMILES string of the molecule is C.C.C.C.CCC(C)(CC(CC(C)C(=O)O)C(=O)OC)C(=O)OC. The molecule has 0 fully saturated rings. The molecule has 0 aromatic rings. The van der Waals surface area contributed by atoms with Crippen molar-refractivity contribution in [3.05, 3.63) is 0 Å². The fourth-order valence-corrected chi connectivity index (χ4v) is 2.12. The van der Waals surface area contributed by atoms with E-state index in [9.17, 15) is 14.4 Å². The Kier molecular flexibility index (Phi) is 21.1. The quantitative estimate of drug-likeness (QED) is 0.651. The van der Waals surface area contributed by atoms with Gasteiger partial charge >= 0.3 is 17.9 Å². The smallest absolute Gasteiger partial charge is 0.311 e. The van der Waals surface area contributed by atoms with E-state index >= 15 is 0 Å². The lowest BCUT2D eigenvalue weighted by molar-refractivity contribution is -0.156. The molecule has 0 aliphatic heterocycles. The number of ether oxygens (including phenoxy) is 2. The number of carbonyl (C=O) groups excluding carboxylic acids is 2. The molecule has 0 saturated carbocycles. The fourth-order valence-electron chi connectivity index (χ4n) is 2.12. The Morgan fingerprint density at radius 1 is 1.04 bits per heavy atom. The molecule has 0 rings (SSSR count). The Balaban J connectivity index is -0.000000301. The molecule has 1 N–H and O–H groups in total. The highest BCUT2D eigenvalue weighted by Gasteiger charge is 2.38. The average Bonchev–Trinajstić information content (AvgIpc) is 2.44. The van der Waals surface area contributed by atoms with E-state index in [0.717, 1.165) is 0 Å². The number of hydrogen-bond acceptors (Lipinski definition) is 5. The van der Waals surface area contributed by atoms with Gasteiger partial charge in [-0.25, -0.2) is 0 Å². The minimum atomic E-state index is -0.977. The van der Waals surface area contributed by atoms with E-state index in [1.165, 1.54) is 21.1 Å². The molecule has 0 aromatic heterocycles. The maximum Gasteiger partial charge on any atom is 0.311 e. The van der Waals surface area contributed by atoms with Gasteiger partial charge in [0.15, 0.2) is 0 Å². The second-order valence-electron chi connectivity index (χ2n) is 5.30. The molecule has 0 aromatic carbocycles. The number of carbonyl (C=O) groups is 3. The maximum atomic E-state index is 11.8. The Morgan fingerprint density at radius 2 is 1.50 bits per heavy atom. The van der Waals surface area contributed by atoms with Crippen LogP contribution in [0.1, 0.15) is 69.7 Å². The zero-order valence-corrected chi connectivity index (χ0v) is 12.8. The topological polar surface area (TPSA) is 89.9 Å². The molecule has 0 bridgehead atoms. The summed E-state index contributed by atoms with van der Waals surface area (Å²) in [5, 5.41) is 8.95. The van der Waals surface area contributed by atoms with E-state index in [0.29, 0.717) is 6.42 Å². The lowest BCUT2D eigenvalue weighted by atomic mass is 9.76. The van der Waals surface area contributed by atoms with E-state index in [1.54, 1.807) is 6.92 Å². The van der Waals surface area contributed by atoms with Crippen LogP contribution in [-0.4, -0.2) is 37.2 Å². The number of carboxylic acids is 1. The van der Waals surface area contributed by atoms with Crippen LogP contribution >= 0.6 is 0 Å². The summed E-state index contributed by atoms with van der Waals surface area (Å²) in [4.78, 5) is 34.6. The Labute approximate surface area is 148 Å². The normalized spacial score (nSPS) is 13.9. The highest BCUT2D eigenvalue weighted by Crippen LogP contribution is 2.34. The Bertz CT molecular complexity index is 367. The highest BCUT2D eigenvalue weighted by atomic mass is 16.5. The predicted octanol–water partition coefficient (Wildman–Crippen LogP) is 4.41. The van der Waals surface area contributed by atoms with Crippen LogP contribution in [0.3, 0.4) is 0 Å². The van der Waals surface area contributed by atoms with Gasteiger partial charge in [-0.05, 0) is 26.2 Å². The molecule has 3 unspecified atom stereocenters. The van der Waals surface area contributed by atoms with Gasteiger partial charge in [0.1, 0.15) is 0 Å². The fraction of sp³-hybridized carbons (Fsp3) is 0.833. The predicted molar refractivity (Wildman–Crippen MR) is 98.9 cm³/mol. The summed E-state index contributed by atoms with van der Waals surface area (Å²) < 4.78 is 9.48. The number of rotatable bonds is 8. The van der Waals surface area contributed by atoms with Gasteiger partial charge in [0.2, 0.25) is 0 Å². The highest BCUT2D eigenvalue weighted by molar-refractivity contribution is 5.79. The summed E-state index contributed by atoms with van der Waals surface area (Å²) in [6.45, 7) is 5.06. The van der Waals surface area contributed by atoms with Gasteiger partial charge in [0.05, 0.1) is 31.5 Å². The third-order valence-corrected chi connectivity index (χ3v) is 3.75.